The first-order valence-electron chi connectivity index (χ1n) is 16.3. The molecule has 2 unspecified atom stereocenters. The van der Waals surface area contributed by atoms with E-state index in [-0.39, 0.29) is 66.7 Å². The summed E-state index contributed by atoms with van der Waals surface area (Å²) in [7, 11) is -3.75. The zero-order valence-corrected chi connectivity index (χ0v) is 28.8. The summed E-state index contributed by atoms with van der Waals surface area (Å²) in [6, 6.07) is 5.66. The summed E-state index contributed by atoms with van der Waals surface area (Å²) in [6.45, 7) is 13.4. The number of piperidine rings is 2. The van der Waals surface area contributed by atoms with Gasteiger partial charge >= 0.3 is 6.09 Å². The first-order valence-corrected chi connectivity index (χ1v) is 17.8. The smallest absolute Gasteiger partial charge is 0.407 e. The van der Waals surface area contributed by atoms with E-state index in [1.165, 1.54) is 4.31 Å². The van der Waals surface area contributed by atoms with Crippen molar-refractivity contribution in [3.63, 3.8) is 0 Å². The van der Waals surface area contributed by atoms with Crippen LogP contribution in [0.3, 0.4) is 0 Å². The highest BCUT2D eigenvalue weighted by atomic mass is 32.2. The lowest BCUT2D eigenvalue weighted by atomic mass is 9.58. The number of hydrogen-bond donors (Lipinski definition) is 3. The Bertz CT molecular complexity index is 1540. The van der Waals surface area contributed by atoms with Gasteiger partial charge in [-0.3, -0.25) is 24.6 Å². The van der Waals surface area contributed by atoms with E-state index < -0.39 is 39.1 Å². The number of nitrogens with zero attached hydrogens (tertiary/aromatic N) is 2. The van der Waals surface area contributed by atoms with Gasteiger partial charge in [0.05, 0.1) is 4.90 Å². The predicted octanol–water partition coefficient (Wildman–Crippen LogP) is 2.32. The molecule has 5 rings (SSSR count). The second-order valence-corrected chi connectivity index (χ2v) is 16.4. The topological polar surface area (TPSA) is 163 Å². The van der Waals surface area contributed by atoms with Crippen LogP contribution in [0.15, 0.2) is 40.8 Å². The molecule has 3 fully saturated rings. The number of benzene rings is 1. The van der Waals surface area contributed by atoms with Crippen LogP contribution in [0.2, 0.25) is 0 Å². The molecule has 13 nitrogen and oxygen atoms in total. The number of amides is 4. The molecule has 0 bridgehead atoms. The maximum Gasteiger partial charge on any atom is 0.407 e. The normalized spacial score (nSPS) is 26.5. The summed E-state index contributed by atoms with van der Waals surface area (Å²) in [5.74, 6) is -0.488. The minimum atomic E-state index is -3.75. The first kappa shape index (κ1) is 34.8. The van der Waals surface area contributed by atoms with E-state index >= 15 is 0 Å². The Kier molecular flexibility index (Phi) is 9.78. The van der Waals surface area contributed by atoms with Crippen LogP contribution in [0.4, 0.5) is 4.79 Å². The Morgan fingerprint density at radius 3 is 2.36 bits per heavy atom. The third-order valence-corrected chi connectivity index (χ3v) is 11.6. The van der Waals surface area contributed by atoms with Gasteiger partial charge in [-0.25, -0.2) is 13.2 Å². The van der Waals surface area contributed by atoms with Crippen LogP contribution in [0.5, 0.6) is 5.75 Å². The van der Waals surface area contributed by atoms with Crippen molar-refractivity contribution < 1.29 is 37.1 Å². The van der Waals surface area contributed by atoms with Crippen molar-refractivity contribution in [2.75, 3.05) is 26.2 Å². The van der Waals surface area contributed by atoms with Crippen LogP contribution in [-0.4, -0.2) is 97.4 Å². The number of sulfonamides is 1. The van der Waals surface area contributed by atoms with E-state index in [2.05, 4.69) is 41.6 Å². The molecule has 1 aliphatic carbocycles. The van der Waals surface area contributed by atoms with Gasteiger partial charge in [0.2, 0.25) is 27.7 Å². The fourth-order valence-electron chi connectivity index (χ4n) is 6.63. The van der Waals surface area contributed by atoms with Gasteiger partial charge < -0.3 is 20.1 Å². The molecule has 47 heavy (non-hydrogen) atoms. The van der Waals surface area contributed by atoms with Gasteiger partial charge in [0.25, 0.3) is 0 Å². The summed E-state index contributed by atoms with van der Waals surface area (Å²) in [5, 5.41) is 7.92. The summed E-state index contributed by atoms with van der Waals surface area (Å²) in [4.78, 5) is 51.4. The van der Waals surface area contributed by atoms with Crippen LogP contribution in [0, 0.1) is 11.3 Å². The molecule has 1 aromatic carbocycles. The summed E-state index contributed by atoms with van der Waals surface area (Å²) in [5.41, 5.74) is -0.418. The zero-order chi connectivity index (χ0) is 34.3. The molecule has 0 aromatic heterocycles. The Morgan fingerprint density at radius 1 is 1.06 bits per heavy atom. The highest BCUT2D eigenvalue weighted by molar-refractivity contribution is 7.89. The third-order valence-electron chi connectivity index (χ3n) is 9.70. The van der Waals surface area contributed by atoms with E-state index in [1.54, 1.807) is 45.0 Å². The van der Waals surface area contributed by atoms with Crippen molar-refractivity contribution in [3.05, 3.63) is 35.9 Å². The molecule has 258 valence electrons. The standard InChI is InChI=1S/C33H47N5O8S/c1-20(2)33(6)25(29(40)35-26-10-11-28(39)36-30(26)41)17-27(33)37-18-23(19-37)45-22-8-7-9-24(16-22)47(43,44)38-14-12-21(13-15-38)34-31(42)46-32(3,4)5/h7-9,16-17,20-21,23,26-27H,10-15,18-19H2,1-6H3,(H,34,42)(H,35,40)(H,36,39,41)/t26?,27?,33-/m1/s1. The number of carbonyl (C=O) groups is 4. The van der Waals surface area contributed by atoms with Gasteiger partial charge in [-0.05, 0) is 58.1 Å². The fourth-order valence-corrected chi connectivity index (χ4v) is 8.14. The van der Waals surface area contributed by atoms with Crippen LogP contribution in [-0.2, 0) is 29.1 Å². The number of rotatable bonds is 9. The number of alkyl carbamates (subject to hydrolysis) is 1. The Balaban J connectivity index is 1.14. The maximum absolute atomic E-state index is 13.5. The van der Waals surface area contributed by atoms with E-state index in [0.29, 0.717) is 37.3 Å². The molecule has 0 spiro atoms. The molecule has 0 radical (unpaired) electrons. The molecule has 0 saturated carbocycles. The molecule has 4 amide bonds. The number of hydrogen-bond acceptors (Lipinski definition) is 9. The molecule has 3 aliphatic heterocycles. The van der Waals surface area contributed by atoms with Crippen molar-refractivity contribution in [1.82, 2.24) is 25.2 Å². The second-order valence-electron chi connectivity index (χ2n) is 14.4. The zero-order valence-electron chi connectivity index (χ0n) is 28.0. The Morgan fingerprint density at radius 2 is 1.74 bits per heavy atom. The summed E-state index contributed by atoms with van der Waals surface area (Å²) >= 11 is 0. The summed E-state index contributed by atoms with van der Waals surface area (Å²) in [6.07, 6.45) is 2.74. The Labute approximate surface area is 276 Å². The van der Waals surface area contributed by atoms with Crippen molar-refractivity contribution in [2.45, 2.75) is 102 Å². The van der Waals surface area contributed by atoms with Crippen LogP contribution >= 0.6 is 0 Å². The van der Waals surface area contributed by atoms with Crippen molar-refractivity contribution >= 4 is 33.8 Å². The molecule has 4 aliphatic rings. The minimum Gasteiger partial charge on any atom is -0.488 e. The van der Waals surface area contributed by atoms with Crippen molar-refractivity contribution in [1.29, 1.82) is 0 Å². The number of ether oxygens (including phenoxy) is 2. The van der Waals surface area contributed by atoms with E-state index in [9.17, 15) is 27.6 Å². The number of carbonyl (C=O) groups excluding carboxylic acids is 4. The molecular weight excluding hydrogens is 626 g/mol. The quantitative estimate of drug-likeness (QED) is 0.334. The highest BCUT2D eigenvalue weighted by Crippen LogP contribution is 2.50. The molecule has 14 heteroatoms. The monoisotopic (exact) mass is 673 g/mol. The van der Waals surface area contributed by atoms with Gasteiger partial charge in [-0.1, -0.05) is 32.9 Å². The third kappa shape index (κ3) is 7.49. The van der Waals surface area contributed by atoms with E-state index in [0.717, 1.165) is 0 Å². The lowest BCUT2D eigenvalue weighted by molar-refractivity contribution is -0.137. The van der Waals surface area contributed by atoms with Crippen LogP contribution < -0.4 is 20.7 Å². The molecular formula is C33H47N5O8S. The van der Waals surface area contributed by atoms with E-state index in [4.69, 9.17) is 9.47 Å². The van der Waals surface area contributed by atoms with Crippen LogP contribution in [0.1, 0.15) is 67.2 Å². The second kappa shape index (κ2) is 13.2. The van der Waals surface area contributed by atoms with Gasteiger partial charge in [0.1, 0.15) is 23.5 Å². The van der Waals surface area contributed by atoms with Crippen LogP contribution in [0.25, 0.3) is 0 Å². The minimum absolute atomic E-state index is 0.00399. The first-order chi connectivity index (χ1) is 22.0. The van der Waals surface area contributed by atoms with Crippen molar-refractivity contribution in [3.8, 4) is 5.75 Å². The fraction of sp³-hybridized carbons (Fsp3) is 0.636. The summed E-state index contributed by atoms with van der Waals surface area (Å²) < 4.78 is 39.9. The SMILES string of the molecule is CC(C)[C@]1(C)C(C(=O)NC2CCC(=O)NC2=O)=CC1N1CC(Oc2cccc(S(=O)(=O)N3CCC(NC(=O)OC(C)(C)C)CC3)c2)C1. The molecule has 3 saturated heterocycles. The predicted molar refractivity (Wildman–Crippen MR) is 173 cm³/mol. The molecule has 3 atom stereocenters. The van der Waals surface area contributed by atoms with Crippen molar-refractivity contribution in [2.24, 2.45) is 11.3 Å². The average Bonchev–Trinajstić information content (AvgIpc) is 2.95. The molecule has 1 aromatic rings. The highest BCUT2D eigenvalue weighted by Gasteiger charge is 2.54. The average molecular weight is 674 g/mol. The molecule has 3 heterocycles. The Hall–Kier alpha value is -3.49. The van der Waals surface area contributed by atoms with Gasteiger partial charge in [0, 0.05) is 61.7 Å². The molecule has 3 N–H and O–H groups in total. The van der Waals surface area contributed by atoms with E-state index in [1.807, 2.05) is 6.08 Å². The number of likely N-dealkylation sites (tertiary alicyclic amines) is 1. The lowest BCUT2D eigenvalue weighted by Crippen LogP contribution is -2.66. The van der Waals surface area contributed by atoms with Gasteiger partial charge in [-0.15, -0.1) is 0 Å². The van der Waals surface area contributed by atoms with Gasteiger partial charge in [0.15, 0.2) is 0 Å². The largest absolute Gasteiger partial charge is 0.488 e. The lowest BCUT2D eigenvalue weighted by Gasteiger charge is -2.57. The number of nitrogens with one attached hydrogen (secondary N) is 3. The van der Waals surface area contributed by atoms with Gasteiger partial charge in [-0.2, -0.15) is 4.31 Å². The maximum atomic E-state index is 13.5. The number of imide groups is 1.